The predicted molar refractivity (Wildman–Crippen MR) is 76.6 cm³/mol. The minimum absolute atomic E-state index is 0.315. The number of carboxylic acid groups (broad SMARTS) is 1. The highest BCUT2D eigenvalue weighted by Crippen LogP contribution is 2.17. The van der Waals surface area contributed by atoms with E-state index in [9.17, 15) is 4.79 Å². The Morgan fingerprint density at radius 1 is 1.11 bits per heavy atom. The molecule has 0 aromatic heterocycles. The van der Waals surface area contributed by atoms with Gasteiger partial charge < -0.3 is 10.4 Å². The lowest BCUT2D eigenvalue weighted by atomic mass is 10.1. The van der Waals surface area contributed by atoms with Crippen LogP contribution in [0, 0.1) is 13.8 Å². The van der Waals surface area contributed by atoms with Crippen molar-refractivity contribution in [1.82, 2.24) is 0 Å². The van der Waals surface area contributed by atoms with Gasteiger partial charge in [-0.1, -0.05) is 29.8 Å². The van der Waals surface area contributed by atoms with Gasteiger partial charge in [-0.15, -0.1) is 0 Å². The molecule has 0 fully saturated rings. The van der Waals surface area contributed by atoms with E-state index in [1.807, 2.05) is 12.1 Å². The second kappa shape index (κ2) is 5.57. The SMILES string of the molecule is Cc1ccc(NCc2ccc(C(=O)O)cc2)c(C)c1. The molecular weight excluding hydrogens is 238 g/mol. The maximum absolute atomic E-state index is 10.8. The molecule has 2 aromatic carbocycles. The van der Waals surface area contributed by atoms with Gasteiger partial charge in [0.15, 0.2) is 0 Å². The van der Waals surface area contributed by atoms with Crippen LogP contribution < -0.4 is 5.32 Å². The second-order valence-electron chi connectivity index (χ2n) is 4.67. The summed E-state index contributed by atoms with van der Waals surface area (Å²) in [6, 6.07) is 13.2. The fourth-order valence-corrected chi connectivity index (χ4v) is 1.97. The fourth-order valence-electron chi connectivity index (χ4n) is 1.97. The third-order valence-electron chi connectivity index (χ3n) is 3.07. The first-order chi connectivity index (χ1) is 9.06. The molecule has 0 spiro atoms. The average molecular weight is 255 g/mol. The molecule has 98 valence electrons. The molecule has 0 aliphatic heterocycles. The van der Waals surface area contributed by atoms with Gasteiger partial charge in [-0.05, 0) is 43.2 Å². The highest BCUT2D eigenvalue weighted by molar-refractivity contribution is 5.87. The summed E-state index contributed by atoms with van der Waals surface area (Å²) in [4.78, 5) is 10.8. The molecule has 0 radical (unpaired) electrons. The zero-order valence-corrected chi connectivity index (χ0v) is 11.1. The van der Waals surface area contributed by atoms with Gasteiger partial charge in [0.2, 0.25) is 0 Å². The number of aromatic carboxylic acids is 1. The zero-order chi connectivity index (χ0) is 13.8. The molecule has 0 heterocycles. The van der Waals surface area contributed by atoms with Crippen LogP contribution in [0.15, 0.2) is 42.5 Å². The minimum Gasteiger partial charge on any atom is -0.478 e. The van der Waals surface area contributed by atoms with Crippen LogP contribution in [0.4, 0.5) is 5.69 Å². The largest absolute Gasteiger partial charge is 0.478 e. The summed E-state index contributed by atoms with van der Waals surface area (Å²) in [7, 11) is 0. The van der Waals surface area contributed by atoms with Crippen LogP contribution in [-0.4, -0.2) is 11.1 Å². The van der Waals surface area contributed by atoms with Crippen molar-refractivity contribution in [2.45, 2.75) is 20.4 Å². The van der Waals surface area contributed by atoms with Gasteiger partial charge in [0.05, 0.1) is 5.56 Å². The summed E-state index contributed by atoms with van der Waals surface area (Å²) in [5.74, 6) is -0.895. The Balaban J connectivity index is 2.04. The maximum atomic E-state index is 10.8. The molecule has 0 atom stereocenters. The van der Waals surface area contributed by atoms with Crippen molar-refractivity contribution in [2.24, 2.45) is 0 Å². The van der Waals surface area contributed by atoms with Crippen molar-refractivity contribution in [1.29, 1.82) is 0 Å². The van der Waals surface area contributed by atoms with Crippen LogP contribution in [0.2, 0.25) is 0 Å². The summed E-state index contributed by atoms with van der Waals surface area (Å²) in [6.07, 6.45) is 0. The molecule has 0 aliphatic carbocycles. The third-order valence-corrected chi connectivity index (χ3v) is 3.07. The van der Waals surface area contributed by atoms with Crippen LogP contribution in [0.25, 0.3) is 0 Å². The Bertz CT molecular complexity index is 588. The van der Waals surface area contributed by atoms with E-state index in [0.717, 1.165) is 11.3 Å². The first kappa shape index (κ1) is 13.1. The van der Waals surface area contributed by atoms with Crippen molar-refractivity contribution in [2.75, 3.05) is 5.32 Å². The van der Waals surface area contributed by atoms with E-state index in [0.29, 0.717) is 12.1 Å². The van der Waals surface area contributed by atoms with Gasteiger partial charge in [-0.2, -0.15) is 0 Å². The van der Waals surface area contributed by atoms with E-state index >= 15 is 0 Å². The smallest absolute Gasteiger partial charge is 0.335 e. The number of aryl methyl sites for hydroxylation is 2. The van der Waals surface area contributed by atoms with Crippen LogP contribution in [-0.2, 0) is 6.54 Å². The lowest BCUT2D eigenvalue weighted by Gasteiger charge is -2.10. The molecule has 2 N–H and O–H groups in total. The van der Waals surface area contributed by atoms with Gasteiger partial charge in [-0.25, -0.2) is 4.79 Å². The lowest BCUT2D eigenvalue weighted by molar-refractivity contribution is 0.0697. The molecule has 3 nitrogen and oxygen atoms in total. The van der Waals surface area contributed by atoms with E-state index in [4.69, 9.17) is 5.11 Å². The molecule has 0 saturated carbocycles. The third kappa shape index (κ3) is 3.35. The van der Waals surface area contributed by atoms with Gasteiger partial charge in [0, 0.05) is 12.2 Å². The normalized spacial score (nSPS) is 10.2. The molecule has 19 heavy (non-hydrogen) atoms. The minimum atomic E-state index is -0.895. The molecular formula is C16H17NO2. The highest BCUT2D eigenvalue weighted by atomic mass is 16.4. The number of nitrogens with one attached hydrogen (secondary N) is 1. The van der Waals surface area contributed by atoms with E-state index < -0.39 is 5.97 Å². The van der Waals surface area contributed by atoms with Gasteiger partial charge in [-0.3, -0.25) is 0 Å². The van der Waals surface area contributed by atoms with Crippen molar-refractivity contribution < 1.29 is 9.90 Å². The molecule has 0 bridgehead atoms. The topological polar surface area (TPSA) is 49.3 Å². The van der Waals surface area contributed by atoms with E-state index in [2.05, 4.69) is 37.4 Å². The molecule has 0 saturated heterocycles. The van der Waals surface area contributed by atoms with Crippen LogP contribution in [0.1, 0.15) is 27.0 Å². The summed E-state index contributed by atoms with van der Waals surface area (Å²) in [6.45, 7) is 4.83. The summed E-state index contributed by atoms with van der Waals surface area (Å²) >= 11 is 0. The Morgan fingerprint density at radius 2 is 1.79 bits per heavy atom. The number of carboxylic acids is 1. The molecule has 0 unspecified atom stereocenters. The molecule has 2 rings (SSSR count). The monoisotopic (exact) mass is 255 g/mol. The van der Waals surface area contributed by atoms with Crippen LogP contribution in [0.3, 0.4) is 0 Å². The van der Waals surface area contributed by atoms with Gasteiger partial charge >= 0.3 is 5.97 Å². The molecule has 0 aliphatic rings. The lowest BCUT2D eigenvalue weighted by Crippen LogP contribution is -2.02. The second-order valence-corrected chi connectivity index (χ2v) is 4.67. The zero-order valence-electron chi connectivity index (χ0n) is 11.1. The first-order valence-electron chi connectivity index (χ1n) is 6.19. The number of anilines is 1. The Kier molecular flexibility index (Phi) is 3.85. The number of carbonyl (C=O) groups is 1. The Hall–Kier alpha value is -2.29. The highest BCUT2D eigenvalue weighted by Gasteiger charge is 2.02. The molecule has 2 aromatic rings. The quantitative estimate of drug-likeness (QED) is 0.877. The maximum Gasteiger partial charge on any atom is 0.335 e. The summed E-state index contributed by atoms with van der Waals surface area (Å²) in [5, 5.41) is 12.2. The van der Waals surface area contributed by atoms with E-state index in [1.165, 1.54) is 11.1 Å². The summed E-state index contributed by atoms with van der Waals surface area (Å²) < 4.78 is 0. The number of hydrogen-bond donors (Lipinski definition) is 2. The number of hydrogen-bond acceptors (Lipinski definition) is 2. The fraction of sp³-hybridized carbons (Fsp3) is 0.188. The standard InChI is InChI=1S/C16H17NO2/c1-11-3-8-15(12(2)9-11)17-10-13-4-6-14(7-5-13)16(18)19/h3-9,17H,10H2,1-2H3,(H,18,19). The summed E-state index contributed by atoms with van der Waals surface area (Å²) in [5.41, 5.74) is 4.93. The van der Waals surface area contributed by atoms with E-state index in [-0.39, 0.29) is 0 Å². The molecule has 0 amide bonds. The van der Waals surface area contributed by atoms with Crippen LogP contribution >= 0.6 is 0 Å². The van der Waals surface area contributed by atoms with Crippen molar-refractivity contribution in [3.05, 3.63) is 64.7 Å². The van der Waals surface area contributed by atoms with Crippen molar-refractivity contribution in [3.8, 4) is 0 Å². The Labute approximate surface area is 112 Å². The predicted octanol–water partition coefficient (Wildman–Crippen LogP) is 3.61. The number of benzene rings is 2. The molecule has 3 heteroatoms. The Morgan fingerprint density at radius 3 is 2.37 bits per heavy atom. The van der Waals surface area contributed by atoms with Crippen molar-refractivity contribution >= 4 is 11.7 Å². The van der Waals surface area contributed by atoms with E-state index in [1.54, 1.807) is 12.1 Å². The van der Waals surface area contributed by atoms with Gasteiger partial charge in [0.1, 0.15) is 0 Å². The van der Waals surface area contributed by atoms with Gasteiger partial charge in [0.25, 0.3) is 0 Å². The van der Waals surface area contributed by atoms with Crippen LogP contribution in [0.5, 0.6) is 0 Å². The average Bonchev–Trinajstić information content (AvgIpc) is 2.38. The first-order valence-corrected chi connectivity index (χ1v) is 6.19. The van der Waals surface area contributed by atoms with Crippen molar-refractivity contribution in [3.63, 3.8) is 0 Å². The number of rotatable bonds is 4.